The normalized spacial score (nSPS) is 18.8. The van der Waals surface area contributed by atoms with E-state index < -0.39 is 18.1 Å². The van der Waals surface area contributed by atoms with Crippen molar-refractivity contribution in [3.05, 3.63) is 28.8 Å². The molecule has 0 aliphatic carbocycles. The van der Waals surface area contributed by atoms with Crippen LogP contribution in [-0.4, -0.2) is 30.4 Å². The molecule has 1 aromatic rings. The molecule has 0 aromatic heterocycles. The fourth-order valence-corrected chi connectivity index (χ4v) is 1.81. The van der Waals surface area contributed by atoms with Crippen molar-refractivity contribution in [3.63, 3.8) is 0 Å². The van der Waals surface area contributed by atoms with Crippen molar-refractivity contribution < 1.29 is 23.9 Å². The second kappa shape index (κ2) is 4.66. The number of hydrogen-bond donors (Lipinski definition) is 0. The first-order chi connectivity index (χ1) is 8.58. The van der Waals surface area contributed by atoms with Gasteiger partial charge in [0, 0.05) is 10.6 Å². The van der Waals surface area contributed by atoms with Gasteiger partial charge in [-0.3, -0.25) is 9.59 Å². The van der Waals surface area contributed by atoms with Gasteiger partial charge >= 0.3 is 6.09 Å². The fraction of sp³-hybridized carbons (Fsp3) is 0.182. The van der Waals surface area contributed by atoms with Gasteiger partial charge in [0.05, 0.1) is 7.11 Å². The van der Waals surface area contributed by atoms with E-state index in [9.17, 15) is 14.4 Å². The zero-order chi connectivity index (χ0) is 13.3. The number of rotatable bonds is 3. The summed E-state index contributed by atoms with van der Waals surface area (Å²) in [7, 11) is 1.41. The average molecular weight is 270 g/mol. The molecular weight excluding hydrogens is 262 g/mol. The summed E-state index contributed by atoms with van der Waals surface area (Å²) in [6.07, 6.45) is -2.11. The average Bonchev–Trinajstić information content (AvgIpc) is 2.64. The molecule has 1 aromatic carbocycles. The molecule has 0 spiro atoms. The molecule has 1 aliphatic heterocycles. The van der Waals surface area contributed by atoms with Crippen molar-refractivity contribution in [2.45, 2.75) is 6.10 Å². The minimum Gasteiger partial charge on any atom is -0.496 e. The molecule has 1 saturated heterocycles. The van der Waals surface area contributed by atoms with Gasteiger partial charge in [0.25, 0.3) is 5.91 Å². The molecule has 2 rings (SSSR count). The number of carbonyl (C=O) groups excluding carboxylic acids is 3. The van der Waals surface area contributed by atoms with Gasteiger partial charge in [0.15, 0.2) is 0 Å². The fourth-order valence-electron chi connectivity index (χ4n) is 1.63. The third kappa shape index (κ3) is 1.91. The number of carbonyl (C=O) groups is 3. The van der Waals surface area contributed by atoms with E-state index in [0.717, 1.165) is 0 Å². The largest absolute Gasteiger partial charge is 0.496 e. The summed E-state index contributed by atoms with van der Waals surface area (Å²) in [5, 5.41) is 0.360. The van der Waals surface area contributed by atoms with Crippen molar-refractivity contribution in [1.82, 2.24) is 4.90 Å². The van der Waals surface area contributed by atoms with Crippen molar-refractivity contribution in [2.75, 3.05) is 7.11 Å². The Balaban J connectivity index is 2.44. The number of halogens is 1. The Hall–Kier alpha value is -2.08. The smallest absolute Gasteiger partial charge is 0.424 e. The summed E-state index contributed by atoms with van der Waals surface area (Å²) in [5.74, 6) is -0.422. The van der Waals surface area contributed by atoms with Crippen LogP contribution in [0.4, 0.5) is 4.79 Å². The minimum absolute atomic E-state index is 0.113. The van der Waals surface area contributed by atoms with E-state index in [2.05, 4.69) is 0 Å². The molecule has 0 bridgehead atoms. The lowest BCUT2D eigenvalue weighted by atomic mass is 10.1. The number of methoxy groups -OCH3 is 1. The minimum atomic E-state index is -1.21. The summed E-state index contributed by atoms with van der Waals surface area (Å²) in [6, 6.07) is 4.57. The Morgan fingerprint density at radius 3 is 2.72 bits per heavy atom. The first-order valence-electron chi connectivity index (χ1n) is 4.91. The molecule has 0 N–H and O–H groups in total. The molecule has 6 nitrogen and oxygen atoms in total. The third-order valence-electron chi connectivity index (χ3n) is 2.46. The molecule has 94 valence electrons. The van der Waals surface area contributed by atoms with E-state index >= 15 is 0 Å². The predicted molar refractivity (Wildman–Crippen MR) is 60.1 cm³/mol. The molecular formula is C11H8ClNO5. The maximum absolute atomic E-state index is 11.8. The van der Waals surface area contributed by atoms with Crippen LogP contribution in [0.1, 0.15) is 11.7 Å². The van der Waals surface area contributed by atoms with Gasteiger partial charge in [-0.2, -0.15) is 4.90 Å². The lowest BCUT2D eigenvalue weighted by Gasteiger charge is -2.12. The van der Waals surface area contributed by atoms with Crippen LogP contribution in [0, 0.1) is 0 Å². The summed E-state index contributed by atoms with van der Waals surface area (Å²) in [6.45, 7) is 0. The molecule has 1 heterocycles. The summed E-state index contributed by atoms with van der Waals surface area (Å²) in [4.78, 5) is 34.0. The van der Waals surface area contributed by atoms with Crippen molar-refractivity contribution >= 4 is 30.0 Å². The highest BCUT2D eigenvalue weighted by Gasteiger charge is 2.43. The number of hydrogen-bond acceptors (Lipinski definition) is 5. The summed E-state index contributed by atoms with van der Waals surface area (Å²) < 4.78 is 9.88. The number of imide groups is 3. The van der Waals surface area contributed by atoms with Gasteiger partial charge in [-0.05, 0) is 18.2 Å². The quantitative estimate of drug-likeness (QED) is 0.778. The van der Waals surface area contributed by atoms with Crippen molar-refractivity contribution in [3.8, 4) is 5.75 Å². The van der Waals surface area contributed by atoms with Crippen LogP contribution in [0.3, 0.4) is 0 Å². The first-order valence-corrected chi connectivity index (χ1v) is 5.28. The Morgan fingerprint density at radius 2 is 2.17 bits per heavy atom. The molecule has 3 amide bonds. The lowest BCUT2D eigenvalue weighted by molar-refractivity contribution is -0.134. The number of ether oxygens (including phenoxy) is 2. The van der Waals surface area contributed by atoms with Crippen LogP contribution in [-0.2, 0) is 14.3 Å². The van der Waals surface area contributed by atoms with E-state index in [1.807, 2.05) is 0 Å². The van der Waals surface area contributed by atoms with Crippen LogP contribution in [0.5, 0.6) is 5.75 Å². The molecule has 1 atom stereocenters. The van der Waals surface area contributed by atoms with Gasteiger partial charge in [0.1, 0.15) is 5.75 Å². The van der Waals surface area contributed by atoms with Gasteiger partial charge < -0.3 is 9.47 Å². The Morgan fingerprint density at radius 1 is 1.44 bits per heavy atom. The molecule has 0 saturated carbocycles. The van der Waals surface area contributed by atoms with Crippen LogP contribution in [0.15, 0.2) is 18.2 Å². The van der Waals surface area contributed by atoms with Crippen LogP contribution < -0.4 is 4.74 Å². The molecule has 1 fully saturated rings. The van der Waals surface area contributed by atoms with E-state index in [1.54, 1.807) is 12.1 Å². The highest BCUT2D eigenvalue weighted by Crippen LogP contribution is 2.34. The maximum Gasteiger partial charge on any atom is 0.424 e. The zero-order valence-corrected chi connectivity index (χ0v) is 10.0. The number of cyclic esters (lactones) is 1. The van der Waals surface area contributed by atoms with Gasteiger partial charge in [0.2, 0.25) is 12.5 Å². The Kier molecular flexibility index (Phi) is 3.20. The number of benzene rings is 1. The summed E-state index contributed by atoms with van der Waals surface area (Å²) in [5.41, 5.74) is 0.299. The van der Waals surface area contributed by atoms with Crippen LogP contribution in [0.25, 0.3) is 0 Å². The molecule has 18 heavy (non-hydrogen) atoms. The van der Waals surface area contributed by atoms with Crippen molar-refractivity contribution in [1.29, 1.82) is 0 Å². The Bertz CT molecular complexity index is 530. The zero-order valence-electron chi connectivity index (χ0n) is 9.25. The number of nitrogens with zero attached hydrogens (tertiary/aromatic N) is 1. The van der Waals surface area contributed by atoms with Gasteiger partial charge in [-0.25, -0.2) is 4.79 Å². The first kappa shape index (κ1) is 12.4. The molecule has 0 radical (unpaired) electrons. The van der Waals surface area contributed by atoms with E-state index in [0.29, 0.717) is 21.2 Å². The topological polar surface area (TPSA) is 72.9 Å². The highest BCUT2D eigenvalue weighted by atomic mass is 35.5. The Labute approximate surface area is 107 Å². The van der Waals surface area contributed by atoms with Crippen LogP contribution in [0.2, 0.25) is 5.02 Å². The standard InChI is InChI=1S/C11H8ClNO5/c1-17-8-3-2-6(12)4-7(8)9-10(15)13(5-14)11(16)18-9/h2-5,9H,1H3. The lowest BCUT2D eigenvalue weighted by Crippen LogP contribution is -2.27. The molecule has 1 aliphatic rings. The van der Waals surface area contributed by atoms with Crippen molar-refractivity contribution in [2.24, 2.45) is 0 Å². The highest BCUT2D eigenvalue weighted by molar-refractivity contribution is 6.30. The second-order valence-electron chi connectivity index (χ2n) is 3.46. The van der Waals surface area contributed by atoms with E-state index in [1.165, 1.54) is 13.2 Å². The van der Waals surface area contributed by atoms with Crippen LogP contribution >= 0.6 is 11.6 Å². The van der Waals surface area contributed by atoms with Gasteiger partial charge in [-0.15, -0.1) is 0 Å². The SMILES string of the molecule is COc1ccc(Cl)cc1C1OC(=O)N(C=O)C1=O. The maximum atomic E-state index is 11.8. The van der Waals surface area contributed by atoms with E-state index in [-0.39, 0.29) is 6.41 Å². The molecule has 1 unspecified atom stereocenters. The predicted octanol–water partition coefficient (Wildman–Crippen LogP) is 1.52. The monoisotopic (exact) mass is 269 g/mol. The summed E-state index contributed by atoms with van der Waals surface area (Å²) >= 11 is 5.82. The third-order valence-corrected chi connectivity index (χ3v) is 2.69. The second-order valence-corrected chi connectivity index (χ2v) is 3.90. The van der Waals surface area contributed by atoms with E-state index in [4.69, 9.17) is 21.1 Å². The molecule has 7 heteroatoms. The number of amides is 3. The van der Waals surface area contributed by atoms with Gasteiger partial charge in [-0.1, -0.05) is 11.6 Å².